The molecule has 0 heterocycles. The third-order valence-electron chi connectivity index (χ3n) is 3.66. The van der Waals surface area contributed by atoms with Gasteiger partial charge < -0.3 is 14.8 Å². The zero-order chi connectivity index (χ0) is 19.1. The van der Waals surface area contributed by atoms with E-state index in [0.29, 0.717) is 40.3 Å². The van der Waals surface area contributed by atoms with Crippen LogP contribution in [0, 0.1) is 0 Å². The molecule has 0 bridgehead atoms. The first-order chi connectivity index (χ1) is 13.1. The van der Waals surface area contributed by atoms with Gasteiger partial charge in [-0.2, -0.15) is 0 Å². The van der Waals surface area contributed by atoms with Gasteiger partial charge in [-0.3, -0.25) is 4.79 Å². The summed E-state index contributed by atoms with van der Waals surface area (Å²) >= 11 is 12.2. The maximum atomic E-state index is 12.5. The van der Waals surface area contributed by atoms with Gasteiger partial charge in [0, 0.05) is 5.56 Å². The summed E-state index contributed by atoms with van der Waals surface area (Å²) < 4.78 is 11.2. The predicted octanol–water partition coefficient (Wildman–Crippen LogP) is 5.70. The number of hydrogen-bond acceptors (Lipinski definition) is 3. The Morgan fingerprint density at radius 2 is 1.37 bits per heavy atom. The first-order valence-corrected chi connectivity index (χ1v) is 9.05. The monoisotopic (exact) mass is 401 g/mol. The summed E-state index contributed by atoms with van der Waals surface area (Å²) in [7, 11) is 0. The minimum Gasteiger partial charge on any atom is -0.490 e. The fourth-order valence-corrected chi connectivity index (χ4v) is 2.86. The van der Waals surface area contributed by atoms with Gasteiger partial charge in [-0.25, -0.2) is 0 Å². The number of para-hydroxylation sites is 2. The van der Waals surface area contributed by atoms with Gasteiger partial charge in [0.2, 0.25) is 0 Å². The van der Waals surface area contributed by atoms with Gasteiger partial charge in [0.1, 0.15) is 24.7 Å². The van der Waals surface area contributed by atoms with Crippen LogP contribution in [0.3, 0.4) is 0 Å². The SMILES string of the molecule is O=C(Nc1c(Cl)cccc1Cl)c1cccc(OCCOc2ccccc2)c1. The maximum Gasteiger partial charge on any atom is 0.255 e. The van der Waals surface area contributed by atoms with E-state index in [0.717, 1.165) is 5.75 Å². The van der Waals surface area contributed by atoms with Crippen LogP contribution in [-0.4, -0.2) is 19.1 Å². The van der Waals surface area contributed by atoms with Crippen molar-refractivity contribution >= 4 is 34.8 Å². The number of amides is 1. The number of benzene rings is 3. The van der Waals surface area contributed by atoms with E-state index >= 15 is 0 Å². The molecule has 3 aromatic rings. The van der Waals surface area contributed by atoms with E-state index < -0.39 is 0 Å². The zero-order valence-corrected chi connectivity index (χ0v) is 15.8. The summed E-state index contributed by atoms with van der Waals surface area (Å²) in [5.74, 6) is 1.03. The van der Waals surface area contributed by atoms with Crippen LogP contribution in [-0.2, 0) is 0 Å². The molecule has 3 aromatic carbocycles. The van der Waals surface area contributed by atoms with Crippen molar-refractivity contribution in [2.24, 2.45) is 0 Å². The van der Waals surface area contributed by atoms with E-state index in [9.17, 15) is 4.79 Å². The van der Waals surface area contributed by atoms with E-state index in [-0.39, 0.29) is 5.91 Å². The lowest BCUT2D eigenvalue weighted by Crippen LogP contribution is -2.13. The van der Waals surface area contributed by atoms with Gasteiger partial charge in [-0.1, -0.05) is 53.5 Å². The molecule has 0 aliphatic heterocycles. The summed E-state index contributed by atoms with van der Waals surface area (Å²) in [4.78, 5) is 12.5. The van der Waals surface area contributed by atoms with Crippen molar-refractivity contribution in [1.29, 1.82) is 0 Å². The second kappa shape index (κ2) is 9.31. The fraction of sp³-hybridized carbons (Fsp3) is 0.0952. The summed E-state index contributed by atoms with van der Waals surface area (Å²) in [6.07, 6.45) is 0. The van der Waals surface area contributed by atoms with Gasteiger partial charge in [-0.15, -0.1) is 0 Å². The van der Waals surface area contributed by atoms with Gasteiger partial charge in [-0.05, 0) is 42.5 Å². The lowest BCUT2D eigenvalue weighted by molar-refractivity contribution is 0.102. The highest BCUT2D eigenvalue weighted by Gasteiger charge is 2.12. The van der Waals surface area contributed by atoms with Crippen molar-refractivity contribution in [3.8, 4) is 11.5 Å². The highest BCUT2D eigenvalue weighted by molar-refractivity contribution is 6.40. The molecule has 0 radical (unpaired) electrons. The minimum absolute atomic E-state index is 0.323. The van der Waals surface area contributed by atoms with Crippen molar-refractivity contribution in [3.63, 3.8) is 0 Å². The third kappa shape index (κ3) is 5.39. The molecule has 0 fully saturated rings. The average Bonchev–Trinajstić information content (AvgIpc) is 2.69. The Labute approximate surface area is 167 Å². The molecule has 0 aliphatic rings. The Kier molecular flexibility index (Phi) is 6.58. The van der Waals surface area contributed by atoms with Crippen molar-refractivity contribution < 1.29 is 14.3 Å². The molecule has 1 N–H and O–H groups in total. The highest BCUT2D eigenvalue weighted by Crippen LogP contribution is 2.30. The molecule has 0 saturated carbocycles. The quantitative estimate of drug-likeness (QED) is 0.516. The number of hydrogen-bond donors (Lipinski definition) is 1. The molecule has 0 aliphatic carbocycles. The van der Waals surface area contributed by atoms with E-state index in [1.54, 1.807) is 42.5 Å². The van der Waals surface area contributed by atoms with Crippen LogP contribution >= 0.6 is 23.2 Å². The van der Waals surface area contributed by atoms with Gasteiger partial charge in [0.05, 0.1) is 15.7 Å². The Balaban J connectivity index is 1.57. The van der Waals surface area contributed by atoms with Crippen molar-refractivity contribution in [1.82, 2.24) is 0 Å². The Morgan fingerprint density at radius 3 is 2.07 bits per heavy atom. The standard InChI is InChI=1S/C21H17Cl2NO3/c22-18-10-5-11-19(23)20(18)24-21(25)15-6-4-9-17(14-15)27-13-12-26-16-7-2-1-3-8-16/h1-11,14H,12-13H2,(H,24,25). The number of ether oxygens (including phenoxy) is 2. The molecule has 0 aromatic heterocycles. The molecule has 0 atom stereocenters. The third-order valence-corrected chi connectivity index (χ3v) is 4.29. The summed E-state index contributed by atoms with van der Waals surface area (Å²) in [6.45, 7) is 0.756. The van der Waals surface area contributed by atoms with Crippen LogP contribution in [0.25, 0.3) is 0 Å². The van der Waals surface area contributed by atoms with Crippen LogP contribution in [0.2, 0.25) is 10.0 Å². The van der Waals surface area contributed by atoms with Crippen LogP contribution < -0.4 is 14.8 Å². The van der Waals surface area contributed by atoms with E-state index in [4.69, 9.17) is 32.7 Å². The maximum absolute atomic E-state index is 12.5. The zero-order valence-electron chi connectivity index (χ0n) is 14.3. The van der Waals surface area contributed by atoms with Gasteiger partial charge in [0.15, 0.2) is 0 Å². The molecule has 6 heteroatoms. The Morgan fingerprint density at radius 1 is 0.778 bits per heavy atom. The van der Waals surface area contributed by atoms with Crippen molar-refractivity contribution in [2.75, 3.05) is 18.5 Å². The summed E-state index contributed by atoms with van der Waals surface area (Å²) in [5.41, 5.74) is 0.820. The second-order valence-electron chi connectivity index (χ2n) is 5.59. The second-order valence-corrected chi connectivity index (χ2v) is 6.40. The average molecular weight is 402 g/mol. The number of nitrogens with one attached hydrogen (secondary N) is 1. The lowest BCUT2D eigenvalue weighted by atomic mass is 10.2. The topological polar surface area (TPSA) is 47.6 Å². The molecule has 4 nitrogen and oxygen atoms in total. The minimum atomic E-state index is -0.323. The molecule has 0 spiro atoms. The fourth-order valence-electron chi connectivity index (χ4n) is 2.37. The van der Waals surface area contributed by atoms with E-state index in [1.165, 1.54) is 0 Å². The normalized spacial score (nSPS) is 10.3. The van der Waals surface area contributed by atoms with Crippen LogP contribution in [0.15, 0.2) is 72.8 Å². The molecular formula is C21H17Cl2NO3. The molecule has 138 valence electrons. The molecule has 27 heavy (non-hydrogen) atoms. The number of carbonyl (C=O) groups is 1. The van der Waals surface area contributed by atoms with Crippen molar-refractivity contribution in [2.45, 2.75) is 0 Å². The first-order valence-electron chi connectivity index (χ1n) is 8.29. The van der Waals surface area contributed by atoms with Gasteiger partial charge in [0.25, 0.3) is 5.91 Å². The van der Waals surface area contributed by atoms with Crippen LogP contribution in [0.1, 0.15) is 10.4 Å². The smallest absolute Gasteiger partial charge is 0.255 e. The highest BCUT2D eigenvalue weighted by atomic mass is 35.5. The van der Waals surface area contributed by atoms with Crippen molar-refractivity contribution in [3.05, 3.63) is 88.4 Å². The largest absolute Gasteiger partial charge is 0.490 e. The Hall–Kier alpha value is -2.69. The molecule has 0 unspecified atom stereocenters. The number of halogens is 2. The Bertz CT molecular complexity index is 896. The molecular weight excluding hydrogens is 385 g/mol. The van der Waals surface area contributed by atoms with E-state index in [1.807, 2.05) is 30.3 Å². The lowest BCUT2D eigenvalue weighted by Gasteiger charge is -2.11. The molecule has 1 amide bonds. The molecule has 3 rings (SSSR count). The summed E-state index contributed by atoms with van der Waals surface area (Å²) in [6, 6.07) is 21.4. The van der Waals surface area contributed by atoms with Crippen LogP contribution in [0.4, 0.5) is 5.69 Å². The van der Waals surface area contributed by atoms with Crippen LogP contribution in [0.5, 0.6) is 11.5 Å². The van der Waals surface area contributed by atoms with Gasteiger partial charge >= 0.3 is 0 Å². The predicted molar refractivity (Wildman–Crippen MR) is 108 cm³/mol. The summed E-state index contributed by atoms with van der Waals surface area (Å²) in [5, 5.41) is 3.48. The number of anilines is 1. The number of carbonyl (C=O) groups excluding carboxylic acids is 1. The molecule has 0 saturated heterocycles. The number of rotatable bonds is 7. The van der Waals surface area contributed by atoms with E-state index in [2.05, 4.69) is 5.32 Å². The first kappa shape index (κ1) is 19.1.